The van der Waals surface area contributed by atoms with Crippen molar-refractivity contribution in [3.8, 4) is 5.75 Å². The zero-order valence-corrected chi connectivity index (χ0v) is 15.3. The second kappa shape index (κ2) is 8.15. The Balaban J connectivity index is 1.71. The lowest BCUT2D eigenvalue weighted by molar-refractivity contribution is -0.385. The Bertz CT molecular complexity index is 899. The molecule has 3 aromatic rings. The van der Waals surface area contributed by atoms with E-state index in [4.69, 9.17) is 16.3 Å². The molecule has 26 heavy (non-hydrogen) atoms. The summed E-state index contributed by atoms with van der Waals surface area (Å²) in [5, 5.41) is 20.9. The van der Waals surface area contributed by atoms with E-state index >= 15 is 0 Å². The Labute approximate surface area is 158 Å². The minimum Gasteiger partial charge on any atom is -0.486 e. The van der Waals surface area contributed by atoms with Gasteiger partial charge >= 0.3 is 0 Å². The maximum atomic E-state index is 10.7. The van der Waals surface area contributed by atoms with Crippen LogP contribution in [0.4, 0.5) is 5.69 Å². The normalized spacial score (nSPS) is 10.7. The first-order valence-electron chi connectivity index (χ1n) is 7.65. The lowest BCUT2D eigenvalue weighted by atomic mass is 10.3. The molecule has 0 saturated heterocycles. The fraction of sp³-hybridized carbons (Fsp3) is 0.188. The highest BCUT2D eigenvalue weighted by molar-refractivity contribution is 7.99. The van der Waals surface area contributed by atoms with E-state index in [1.54, 1.807) is 30.3 Å². The number of nitrogens with zero attached hydrogens (tertiary/aromatic N) is 5. The Morgan fingerprint density at radius 1 is 1.23 bits per heavy atom. The molecule has 8 nitrogen and oxygen atoms in total. The number of ether oxygens (including phenoxy) is 1. The summed E-state index contributed by atoms with van der Waals surface area (Å²) in [6, 6.07) is 10.1. The standard InChI is InChI=1S/C16H14ClN5O3S/c1-2-21-14(10-25-13-6-3-11(17)4-7-13)19-20-16(21)26-15-8-5-12(9-18-15)22(23)24/h3-9H,2,10H2,1H3. The molecule has 2 aromatic heterocycles. The van der Waals surface area contributed by atoms with Gasteiger partial charge in [-0.25, -0.2) is 4.98 Å². The predicted octanol–water partition coefficient (Wildman–Crippen LogP) is 3.98. The molecule has 2 heterocycles. The van der Waals surface area contributed by atoms with E-state index in [2.05, 4.69) is 15.2 Å². The van der Waals surface area contributed by atoms with E-state index in [-0.39, 0.29) is 12.3 Å². The highest BCUT2D eigenvalue weighted by Gasteiger charge is 2.14. The van der Waals surface area contributed by atoms with Crippen LogP contribution in [0.2, 0.25) is 5.02 Å². The van der Waals surface area contributed by atoms with Gasteiger partial charge < -0.3 is 9.30 Å². The van der Waals surface area contributed by atoms with Crippen LogP contribution in [-0.4, -0.2) is 24.7 Å². The molecule has 0 bridgehead atoms. The molecule has 0 aliphatic heterocycles. The first kappa shape index (κ1) is 18.2. The fourth-order valence-electron chi connectivity index (χ4n) is 2.13. The molecule has 0 fully saturated rings. The maximum Gasteiger partial charge on any atom is 0.287 e. The first-order valence-corrected chi connectivity index (χ1v) is 8.85. The lowest BCUT2D eigenvalue weighted by Gasteiger charge is -2.08. The molecule has 0 unspecified atom stereocenters. The zero-order valence-electron chi connectivity index (χ0n) is 13.7. The molecule has 0 atom stereocenters. The number of aromatic nitrogens is 4. The summed E-state index contributed by atoms with van der Waals surface area (Å²) in [5.74, 6) is 1.36. The summed E-state index contributed by atoms with van der Waals surface area (Å²) in [4.78, 5) is 14.3. The molecule has 0 aliphatic carbocycles. The SMILES string of the molecule is CCn1c(COc2ccc(Cl)cc2)nnc1Sc1ccc([N+](=O)[O-])cn1. The van der Waals surface area contributed by atoms with Crippen LogP contribution in [-0.2, 0) is 13.2 Å². The molecule has 0 spiro atoms. The van der Waals surface area contributed by atoms with Gasteiger partial charge in [-0.15, -0.1) is 10.2 Å². The van der Waals surface area contributed by atoms with E-state index in [0.717, 1.165) is 0 Å². The molecule has 0 saturated carbocycles. The summed E-state index contributed by atoms with van der Waals surface area (Å²) in [7, 11) is 0. The third-order valence-corrected chi connectivity index (χ3v) is 4.61. The Morgan fingerprint density at radius 3 is 2.62 bits per heavy atom. The topological polar surface area (TPSA) is 96.0 Å². The van der Waals surface area contributed by atoms with Gasteiger partial charge in [0.2, 0.25) is 0 Å². The van der Waals surface area contributed by atoms with Gasteiger partial charge in [-0.3, -0.25) is 10.1 Å². The van der Waals surface area contributed by atoms with Gasteiger partial charge in [-0.1, -0.05) is 11.6 Å². The van der Waals surface area contributed by atoms with Crippen LogP contribution >= 0.6 is 23.4 Å². The highest BCUT2D eigenvalue weighted by atomic mass is 35.5. The minimum absolute atomic E-state index is 0.0524. The van der Waals surface area contributed by atoms with Crippen molar-refractivity contribution in [3.05, 3.63) is 63.6 Å². The van der Waals surface area contributed by atoms with Crippen LogP contribution in [0.5, 0.6) is 5.75 Å². The van der Waals surface area contributed by atoms with Crippen LogP contribution in [0.1, 0.15) is 12.7 Å². The van der Waals surface area contributed by atoms with Gasteiger partial charge in [0.15, 0.2) is 11.0 Å². The van der Waals surface area contributed by atoms with Crippen molar-refractivity contribution in [2.45, 2.75) is 30.3 Å². The summed E-state index contributed by atoms with van der Waals surface area (Å²) >= 11 is 7.14. The second-order valence-electron chi connectivity index (χ2n) is 5.10. The average Bonchev–Trinajstić information content (AvgIpc) is 3.03. The number of hydrogen-bond acceptors (Lipinski definition) is 7. The third kappa shape index (κ3) is 4.30. The number of hydrogen-bond donors (Lipinski definition) is 0. The van der Waals surface area contributed by atoms with E-state index < -0.39 is 4.92 Å². The molecular formula is C16H14ClN5O3S. The van der Waals surface area contributed by atoms with Gasteiger partial charge in [-0.2, -0.15) is 0 Å². The molecule has 134 valence electrons. The first-order chi connectivity index (χ1) is 12.6. The number of benzene rings is 1. The van der Waals surface area contributed by atoms with E-state index in [1.807, 2.05) is 11.5 Å². The molecule has 3 rings (SSSR count). The smallest absolute Gasteiger partial charge is 0.287 e. The van der Waals surface area contributed by atoms with Crippen LogP contribution in [0.15, 0.2) is 52.8 Å². The van der Waals surface area contributed by atoms with Crippen LogP contribution in [0, 0.1) is 10.1 Å². The van der Waals surface area contributed by atoms with Crippen molar-refractivity contribution < 1.29 is 9.66 Å². The van der Waals surface area contributed by atoms with E-state index in [9.17, 15) is 10.1 Å². The Morgan fingerprint density at radius 2 is 2.00 bits per heavy atom. The Hall–Kier alpha value is -2.65. The molecule has 10 heteroatoms. The maximum absolute atomic E-state index is 10.7. The van der Waals surface area contributed by atoms with E-state index in [0.29, 0.717) is 33.3 Å². The second-order valence-corrected chi connectivity index (χ2v) is 6.52. The number of halogens is 1. The van der Waals surface area contributed by atoms with E-state index in [1.165, 1.54) is 24.0 Å². The van der Waals surface area contributed by atoms with Crippen molar-refractivity contribution in [3.63, 3.8) is 0 Å². The summed E-state index contributed by atoms with van der Waals surface area (Å²) in [5.41, 5.74) is -0.0524. The van der Waals surface area contributed by atoms with Gasteiger partial charge in [-0.05, 0) is 49.0 Å². The molecule has 0 radical (unpaired) electrons. The quantitative estimate of drug-likeness (QED) is 0.443. The summed E-state index contributed by atoms with van der Waals surface area (Å²) in [6.07, 6.45) is 1.22. The molecule has 0 N–H and O–H groups in total. The third-order valence-electron chi connectivity index (χ3n) is 3.42. The van der Waals surface area contributed by atoms with Gasteiger partial charge in [0.05, 0.1) is 4.92 Å². The largest absolute Gasteiger partial charge is 0.486 e. The average molecular weight is 392 g/mol. The molecular weight excluding hydrogens is 378 g/mol. The lowest BCUT2D eigenvalue weighted by Crippen LogP contribution is -2.07. The molecule has 1 aromatic carbocycles. The van der Waals surface area contributed by atoms with Crippen LogP contribution < -0.4 is 4.74 Å². The fourth-order valence-corrected chi connectivity index (χ4v) is 3.11. The summed E-state index contributed by atoms with van der Waals surface area (Å²) in [6.45, 7) is 2.89. The van der Waals surface area contributed by atoms with Crippen molar-refractivity contribution >= 4 is 29.1 Å². The van der Waals surface area contributed by atoms with Gasteiger partial charge in [0.1, 0.15) is 23.6 Å². The number of rotatable bonds is 7. The monoisotopic (exact) mass is 391 g/mol. The summed E-state index contributed by atoms with van der Waals surface area (Å²) < 4.78 is 7.62. The zero-order chi connectivity index (χ0) is 18.5. The van der Waals surface area contributed by atoms with Crippen molar-refractivity contribution in [1.82, 2.24) is 19.7 Å². The molecule has 0 amide bonds. The number of pyridine rings is 1. The van der Waals surface area contributed by atoms with Gasteiger partial charge in [0, 0.05) is 17.6 Å². The Kier molecular flexibility index (Phi) is 5.69. The van der Waals surface area contributed by atoms with Crippen molar-refractivity contribution in [1.29, 1.82) is 0 Å². The predicted molar refractivity (Wildman–Crippen MR) is 96.5 cm³/mol. The van der Waals surface area contributed by atoms with Crippen molar-refractivity contribution in [2.75, 3.05) is 0 Å². The van der Waals surface area contributed by atoms with Crippen molar-refractivity contribution in [2.24, 2.45) is 0 Å². The van der Waals surface area contributed by atoms with Crippen LogP contribution in [0.25, 0.3) is 0 Å². The molecule has 0 aliphatic rings. The number of nitro groups is 1. The van der Waals surface area contributed by atoms with Gasteiger partial charge in [0.25, 0.3) is 5.69 Å². The minimum atomic E-state index is -0.484. The van der Waals surface area contributed by atoms with Crippen LogP contribution in [0.3, 0.4) is 0 Å². The highest BCUT2D eigenvalue weighted by Crippen LogP contribution is 2.26.